The van der Waals surface area contributed by atoms with E-state index in [0.717, 1.165) is 16.9 Å². The van der Waals surface area contributed by atoms with E-state index in [-0.39, 0.29) is 5.38 Å². The lowest BCUT2D eigenvalue weighted by atomic mass is 10.0. The van der Waals surface area contributed by atoms with E-state index in [0.29, 0.717) is 16.7 Å². The lowest BCUT2D eigenvalue weighted by molar-refractivity contribution is 0.340. The predicted molar refractivity (Wildman–Crippen MR) is 81.8 cm³/mol. The minimum Gasteiger partial charge on any atom is -0.494 e. The van der Waals surface area contributed by atoms with Crippen LogP contribution in [0.5, 0.6) is 5.75 Å². The van der Waals surface area contributed by atoms with E-state index in [2.05, 4.69) is 0 Å². The number of hydrogen-bond donors (Lipinski definition) is 0. The average molecular weight is 316 g/mol. The Bertz CT molecular complexity index is 552. The van der Waals surface area contributed by atoms with Crippen LogP contribution in [-0.2, 0) is 0 Å². The van der Waals surface area contributed by atoms with E-state index < -0.39 is 0 Å². The van der Waals surface area contributed by atoms with E-state index in [4.69, 9.17) is 39.5 Å². The van der Waals surface area contributed by atoms with E-state index >= 15 is 0 Å². The van der Waals surface area contributed by atoms with Crippen LogP contribution in [0.15, 0.2) is 42.5 Å². The third-order valence-corrected chi connectivity index (χ3v) is 3.96. The van der Waals surface area contributed by atoms with Crippen molar-refractivity contribution in [3.63, 3.8) is 0 Å². The van der Waals surface area contributed by atoms with Gasteiger partial charge in [0.05, 0.1) is 22.0 Å². The summed E-state index contributed by atoms with van der Waals surface area (Å²) in [7, 11) is 0. The molecule has 2 aromatic carbocycles. The zero-order valence-electron chi connectivity index (χ0n) is 10.4. The highest BCUT2D eigenvalue weighted by molar-refractivity contribution is 6.42. The molecule has 0 aliphatic heterocycles. The Balaban J connectivity index is 2.22. The van der Waals surface area contributed by atoms with Crippen molar-refractivity contribution in [1.29, 1.82) is 0 Å². The van der Waals surface area contributed by atoms with Crippen molar-refractivity contribution in [3.05, 3.63) is 63.6 Å². The summed E-state index contributed by atoms with van der Waals surface area (Å²) in [4.78, 5) is 0. The van der Waals surface area contributed by atoms with Gasteiger partial charge in [0, 0.05) is 0 Å². The zero-order valence-corrected chi connectivity index (χ0v) is 12.6. The van der Waals surface area contributed by atoms with Gasteiger partial charge in [0.1, 0.15) is 5.75 Å². The van der Waals surface area contributed by atoms with Gasteiger partial charge in [0.2, 0.25) is 0 Å². The second-order valence-corrected chi connectivity index (χ2v) is 5.29. The van der Waals surface area contributed by atoms with Gasteiger partial charge in [-0.25, -0.2) is 0 Å². The van der Waals surface area contributed by atoms with Gasteiger partial charge in [0.25, 0.3) is 0 Å². The largest absolute Gasteiger partial charge is 0.494 e. The van der Waals surface area contributed by atoms with Gasteiger partial charge in [-0.15, -0.1) is 11.6 Å². The van der Waals surface area contributed by atoms with E-state index in [1.54, 1.807) is 12.1 Å². The quantitative estimate of drug-likeness (QED) is 0.656. The van der Waals surface area contributed by atoms with Crippen LogP contribution < -0.4 is 4.74 Å². The summed E-state index contributed by atoms with van der Waals surface area (Å²) < 4.78 is 5.40. The fourth-order valence-electron chi connectivity index (χ4n) is 1.76. The molecular weight excluding hydrogens is 303 g/mol. The zero-order chi connectivity index (χ0) is 13.8. The molecule has 4 heteroatoms. The standard InChI is InChI=1S/C15H13Cl3O/c1-2-19-12-6-3-10(4-7-12)15(18)11-5-8-13(16)14(17)9-11/h3-9,15H,2H2,1H3. The number of hydrogen-bond acceptors (Lipinski definition) is 1. The number of rotatable bonds is 4. The molecule has 0 radical (unpaired) electrons. The molecule has 0 amide bonds. The first kappa shape index (κ1) is 14.5. The van der Waals surface area contributed by atoms with Gasteiger partial charge >= 0.3 is 0 Å². The SMILES string of the molecule is CCOc1ccc(C(Cl)c2ccc(Cl)c(Cl)c2)cc1. The molecule has 0 aromatic heterocycles. The smallest absolute Gasteiger partial charge is 0.119 e. The van der Waals surface area contributed by atoms with Crippen molar-refractivity contribution in [2.45, 2.75) is 12.3 Å². The first-order valence-corrected chi connectivity index (χ1v) is 7.13. The van der Waals surface area contributed by atoms with Crippen LogP contribution >= 0.6 is 34.8 Å². The summed E-state index contributed by atoms with van der Waals surface area (Å²) >= 11 is 18.3. The minimum atomic E-state index is -0.259. The number of benzene rings is 2. The highest BCUT2D eigenvalue weighted by atomic mass is 35.5. The Morgan fingerprint density at radius 1 is 0.947 bits per heavy atom. The third-order valence-electron chi connectivity index (χ3n) is 2.72. The minimum absolute atomic E-state index is 0.259. The van der Waals surface area contributed by atoms with Crippen molar-refractivity contribution >= 4 is 34.8 Å². The maximum absolute atomic E-state index is 6.44. The molecule has 19 heavy (non-hydrogen) atoms. The molecule has 0 bridgehead atoms. The topological polar surface area (TPSA) is 9.23 Å². The fraction of sp³-hybridized carbons (Fsp3) is 0.200. The molecule has 1 unspecified atom stereocenters. The summed E-state index contributed by atoms with van der Waals surface area (Å²) in [6.45, 7) is 2.60. The molecule has 100 valence electrons. The van der Waals surface area contributed by atoms with Gasteiger partial charge in [-0.3, -0.25) is 0 Å². The Hall–Kier alpha value is -0.890. The molecule has 0 saturated heterocycles. The lowest BCUT2D eigenvalue weighted by Gasteiger charge is -2.12. The van der Waals surface area contributed by atoms with Crippen molar-refractivity contribution < 1.29 is 4.74 Å². The van der Waals surface area contributed by atoms with E-state index in [1.165, 1.54) is 0 Å². The Morgan fingerprint density at radius 2 is 1.58 bits per heavy atom. The monoisotopic (exact) mass is 314 g/mol. The predicted octanol–water partition coefficient (Wildman–Crippen LogP) is 5.72. The van der Waals surface area contributed by atoms with Crippen LogP contribution in [0.1, 0.15) is 23.4 Å². The summed E-state index contributed by atoms with van der Waals surface area (Å²) in [5.41, 5.74) is 1.91. The molecule has 2 aromatic rings. The van der Waals surface area contributed by atoms with Crippen LogP contribution in [0.2, 0.25) is 10.0 Å². The lowest BCUT2D eigenvalue weighted by Crippen LogP contribution is -1.95. The fourth-order valence-corrected chi connectivity index (χ4v) is 2.35. The summed E-state index contributed by atoms with van der Waals surface area (Å²) in [5, 5.41) is 0.780. The van der Waals surface area contributed by atoms with Crippen molar-refractivity contribution in [2.75, 3.05) is 6.61 Å². The molecule has 0 N–H and O–H groups in total. The summed E-state index contributed by atoms with van der Waals surface area (Å²) in [6, 6.07) is 13.1. The van der Waals surface area contributed by atoms with Crippen LogP contribution in [0.3, 0.4) is 0 Å². The third kappa shape index (κ3) is 3.56. The Kier molecular flexibility index (Phi) is 4.98. The van der Waals surface area contributed by atoms with Crippen molar-refractivity contribution in [1.82, 2.24) is 0 Å². The molecule has 0 spiro atoms. The van der Waals surface area contributed by atoms with Crippen LogP contribution in [-0.4, -0.2) is 6.61 Å². The molecule has 0 saturated carbocycles. The van der Waals surface area contributed by atoms with Crippen molar-refractivity contribution in [2.24, 2.45) is 0 Å². The van der Waals surface area contributed by atoms with Crippen LogP contribution in [0, 0.1) is 0 Å². The molecule has 0 aliphatic rings. The molecule has 0 heterocycles. The number of alkyl halides is 1. The maximum Gasteiger partial charge on any atom is 0.119 e. The molecule has 2 rings (SSSR count). The average Bonchev–Trinajstić information content (AvgIpc) is 2.42. The molecular formula is C15H13Cl3O. The molecule has 0 aliphatic carbocycles. The maximum atomic E-state index is 6.44. The molecule has 1 atom stereocenters. The summed E-state index contributed by atoms with van der Waals surface area (Å²) in [6.07, 6.45) is 0. The van der Waals surface area contributed by atoms with Crippen LogP contribution in [0.25, 0.3) is 0 Å². The second kappa shape index (κ2) is 6.51. The Morgan fingerprint density at radius 3 is 2.16 bits per heavy atom. The van der Waals surface area contributed by atoms with Crippen LogP contribution in [0.4, 0.5) is 0 Å². The first-order chi connectivity index (χ1) is 9.11. The van der Waals surface area contributed by atoms with Crippen molar-refractivity contribution in [3.8, 4) is 5.75 Å². The Labute approximate surface area is 128 Å². The highest BCUT2D eigenvalue weighted by Gasteiger charge is 2.12. The van der Waals surface area contributed by atoms with Gasteiger partial charge in [-0.05, 0) is 42.3 Å². The first-order valence-electron chi connectivity index (χ1n) is 5.93. The number of halogens is 3. The molecule has 0 fully saturated rings. The van der Waals surface area contributed by atoms with E-state index in [1.807, 2.05) is 37.3 Å². The second-order valence-electron chi connectivity index (χ2n) is 4.04. The van der Waals surface area contributed by atoms with Gasteiger partial charge in [-0.2, -0.15) is 0 Å². The summed E-state index contributed by atoms with van der Waals surface area (Å²) in [5.74, 6) is 0.837. The highest BCUT2D eigenvalue weighted by Crippen LogP contribution is 2.33. The van der Waals surface area contributed by atoms with E-state index in [9.17, 15) is 0 Å². The number of ether oxygens (including phenoxy) is 1. The van der Waals surface area contributed by atoms with Gasteiger partial charge in [0.15, 0.2) is 0 Å². The molecule has 1 nitrogen and oxygen atoms in total. The van der Waals surface area contributed by atoms with Gasteiger partial charge < -0.3 is 4.74 Å². The van der Waals surface area contributed by atoms with Gasteiger partial charge in [-0.1, -0.05) is 41.4 Å². The normalized spacial score (nSPS) is 12.2.